The van der Waals surface area contributed by atoms with Crippen LogP contribution in [0.15, 0.2) is 36.5 Å². The molecule has 2 atom stereocenters. The van der Waals surface area contributed by atoms with E-state index in [4.69, 9.17) is 18.9 Å². The lowest BCUT2D eigenvalue weighted by Gasteiger charge is -2.25. The molecule has 0 aliphatic carbocycles. The van der Waals surface area contributed by atoms with Gasteiger partial charge in [-0.15, -0.1) is 0 Å². The highest BCUT2D eigenvalue weighted by molar-refractivity contribution is 5.71. The quantitative estimate of drug-likeness (QED) is 0.0211. The minimum Gasteiger partial charge on any atom is -0.477 e. The molecule has 1 N–H and O–H groups in total. The van der Waals surface area contributed by atoms with Crippen LogP contribution in [0.5, 0.6) is 0 Å². The van der Waals surface area contributed by atoms with Gasteiger partial charge in [-0.1, -0.05) is 288 Å². The van der Waals surface area contributed by atoms with Gasteiger partial charge in [0.2, 0.25) is 0 Å². The van der Waals surface area contributed by atoms with Crippen molar-refractivity contribution in [1.82, 2.24) is 0 Å². The Labute approximate surface area is 470 Å². The Bertz CT molecular complexity index is 1340. The van der Waals surface area contributed by atoms with Gasteiger partial charge in [0, 0.05) is 12.8 Å². The smallest absolute Gasteiger partial charge is 0.361 e. The number of nitrogens with zero attached hydrogens (tertiary/aromatic N) is 1. The monoisotopic (exact) mass is 1070 g/mol. The largest absolute Gasteiger partial charge is 0.477 e. The first-order valence-corrected chi connectivity index (χ1v) is 32.7. The Morgan fingerprint density at radius 2 is 0.711 bits per heavy atom. The van der Waals surface area contributed by atoms with Gasteiger partial charge in [-0.05, 0) is 51.4 Å². The molecule has 0 heterocycles. The molecule has 0 saturated heterocycles. The van der Waals surface area contributed by atoms with Crippen molar-refractivity contribution in [1.29, 1.82) is 0 Å². The van der Waals surface area contributed by atoms with E-state index in [0.717, 1.165) is 57.8 Å². The summed E-state index contributed by atoms with van der Waals surface area (Å²) in [5.41, 5.74) is 0. The van der Waals surface area contributed by atoms with Gasteiger partial charge in [-0.3, -0.25) is 9.59 Å². The van der Waals surface area contributed by atoms with Crippen LogP contribution >= 0.6 is 0 Å². The van der Waals surface area contributed by atoms with Crippen LogP contribution in [-0.2, 0) is 33.3 Å². The Kier molecular flexibility index (Phi) is 56.7. The second-order valence-corrected chi connectivity index (χ2v) is 23.4. The molecular weight excluding hydrogens is 947 g/mol. The van der Waals surface area contributed by atoms with Gasteiger partial charge in [0.15, 0.2) is 6.10 Å². The average molecular weight is 1070 g/mol. The van der Waals surface area contributed by atoms with E-state index in [-0.39, 0.29) is 32.2 Å². The van der Waals surface area contributed by atoms with Crippen LogP contribution in [0.25, 0.3) is 0 Å². The second-order valence-electron chi connectivity index (χ2n) is 23.4. The van der Waals surface area contributed by atoms with Crippen molar-refractivity contribution in [3.63, 3.8) is 0 Å². The van der Waals surface area contributed by atoms with Crippen molar-refractivity contribution >= 4 is 17.9 Å². The molecule has 0 aromatic rings. The van der Waals surface area contributed by atoms with Gasteiger partial charge in [0.25, 0.3) is 6.29 Å². The number of aliphatic carboxylic acids is 1. The first-order chi connectivity index (χ1) is 37.1. The molecule has 446 valence electrons. The third kappa shape index (κ3) is 59.2. The summed E-state index contributed by atoms with van der Waals surface area (Å²) in [6.45, 7) is 4.92. The molecule has 0 spiro atoms. The molecule has 0 fully saturated rings. The number of carbonyl (C=O) groups is 3. The number of esters is 2. The molecule has 0 aliphatic heterocycles. The normalized spacial score (nSPS) is 12.9. The molecule has 9 heteroatoms. The first kappa shape index (κ1) is 73.5. The lowest BCUT2D eigenvalue weighted by Crippen LogP contribution is -2.40. The van der Waals surface area contributed by atoms with E-state index >= 15 is 0 Å². The van der Waals surface area contributed by atoms with Gasteiger partial charge in [0.05, 0.1) is 34.4 Å². The van der Waals surface area contributed by atoms with E-state index in [1.54, 1.807) is 0 Å². The second kappa shape index (κ2) is 58.7. The van der Waals surface area contributed by atoms with Gasteiger partial charge in [-0.2, -0.15) is 0 Å². The van der Waals surface area contributed by atoms with Gasteiger partial charge in [0.1, 0.15) is 13.2 Å². The maximum absolute atomic E-state index is 12.9. The lowest BCUT2D eigenvalue weighted by atomic mass is 10.0. The minimum absolute atomic E-state index is 0.179. The summed E-state index contributed by atoms with van der Waals surface area (Å²) in [6.07, 6.45) is 69.5. The first-order valence-electron chi connectivity index (χ1n) is 32.7. The molecule has 76 heavy (non-hydrogen) atoms. The number of ether oxygens (including phenoxy) is 4. The van der Waals surface area contributed by atoms with Crippen LogP contribution in [0.1, 0.15) is 316 Å². The molecule has 0 aliphatic rings. The number of unbranched alkanes of at least 4 members (excludes halogenated alkanes) is 40. The highest BCUT2D eigenvalue weighted by Gasteiger charge is 2.25. The van der Waals surface area contributed by atoms with E-state index in [2.05, 4.69) is 50.3 Å². The molecule has 0 aromatic carbocycles. The zero-order chi connectivity index (χ0) is 55.5. The summed E-state index contributed by atoms with van der Waals surface area (Å²) in [6, 6.07) is 0. The van der Waals surface area contributed by atoms with E-state index in [9.17, 15) is 19.5 Å². The van der Waals surface area contributed by atoms with Crippen LogP contribution in [-0.4, -0.2) is 87.4 Å². The number of carboxylic acid groups (broad SMARTS) is 1. The fourth-order valence-electron chi connectivity index (χ4n) is 9.61. The van der Waals surface area contributed by atoms with Gasteiger partial charge in [-0.25, -0.2) is 4.79 Å². The summed E-state index contributed by atoms with van der Waals surface area (Å²) >= 11 is 0. The van der Waals surface area contributed by atoms with E-state index in [1.807, 2.05) is 21.1 Å². The predicted molar refractivity (Wildman–Crippen MR) is 323 cm³/mol. The van der Waals surface area contributed by atoms with Gasteiger partial charge < -0.3 is 28.5 Å². The number of rotatable bonds is 61. The number of quaternary nitrogens is 1. The Morgan fingerprint density at radius 1 is 0.395 bits per heavy atom. The number of allylic oxidation sites excluding steroid dienone is 6. The van der Waals surface area contributed by atoms with Crippen molar-refractivity contribution in [2.75, 3.05) is 47.5 Å². The van der Waals surface area contributed by atoms with Crippen LogP contribution in [0, 0.1) is 0 Å². The molecule has 0 radical (unpaired) electrons. The topological polar surface area (TPSA) is 108 Å². The number of hydrogen-bond donors (Lipinski definition) is 1. The predicted octanol–water partition coefficient (Wildman–Crippen LogP) is 19.6. The molecule has 0 saturated carbocycles. The summed E-state index contributed by atoms with van der Waals surface area (Å²) in [5, 5.41) is 9.73. The van der Waals surface area contributed by atoms with Crippen LogP contribution in [0.2, 0.25) is 0 Å². The molecular formula is C67H126NO8+. The van der Waals surface area contributed by atoms with Gasteiger partial charge >= 0.3 is 17.9 Å². The maximum atomic E-state index is 12.9. The lowest BCUT2D eigenvalue weighted by molar-refractivity contribution is -0.870. The summed E-state index contributed by atoms with van der Waals surface area (Å²) in [4.78, 5) is 37.5. The fourth-order valence-corrected chi connectivity index (χ4v) is 9.61. The van der Waals surface area contributed by atoms with Crippen molar-refractivity contribution in [3.05, 3.63) is 36.5 Å². The van der Waals surface area contributed by atoms with E-state index < -0.39 is 24.3 Å². The molecule has 2 unspecified atom stereocenters. The van der Waals surface area contributed by atoms with Crippen molar-refractivity contribution in [2.45, 2.75) is 328 Å². The van der Waals surface area contributed by atoms with Crippen molar-refractivity contribution in [3.8, 4) is 0 Å². The standard InChI is InChI=1S/C67H125NO8/c1-6-8-10-12-14-16-18-20-22-24-26-28-30-32-34-35-37-39-41-43-45-47-49-51-53-55-57-64(69)74-61-63(62-75-67(66(71)72)73-60-59-68(3,4)5)76-65(70)58-56-54-52-50-48-46-44-42-40-38-36-33-31-29-27-25-23-21-19-17-15-13-11-9-7-2/h19,21,25,27,31,33,63,67H,6-18,20,22-24,26,28-30,32,34-62H2,1-5H3/p+1/b21-19-,27-25-,33-31-. The minimum atomic E-state index is -1.51. The summed E-state index contributed by atoms with van der Waals surface area (Å²) in [7, 11) is 5.98. The molecule has 0 rings (SSSR count). The number of carboxylic acids is 1. The Morgan fingerprint density at radius 3 is 1.05 bits per heavy atom. The SMILES string of the molecule is CCCCCCC/C=C\C/C=C\C/C=C\CCCCCCCCCCCCC(=O)OC(COC(=O)CCCCCCCCCCCCCCCCCCCCCCCCCCCC)COC(OCC[N+](C)(C)C)C(=O)O. The third-order valence-electron chi connectivity index (χ3n) is 14.6. The molecule has 0 amide bonds. The highest BCUT2D eigenvalue weighted by atomic mass is 16.7. The van der Waals surface area contributed by atoms with Crippen molar-refractivity contribution in [2.24, 2.45) is 0 Å². The fraction of sp³-hybridized carbons (Fsp3) is 0.866. The van der Waals surface area contributed by atoms with Crippen LogP contribution in [0.4, 0.5) is 0 Å². The van der Waals surface area contributed by atoms with E-state index in [0.29, 0.717) is 17.4 Å². The van der Waals surface area contributed by atoms with Crippen molar-refractivity contribution < 1.29 is 42.9 Å². The maximum Gasteiger partial charge on any atom is 0.361 e. The zero-order valence-corrected chi connectivity index (χ0v) is 50.9. The number of likely N-dealkylation sites (N-methyl/N-ethyl adjacent to an activating group) is 1. The average Bonchev–Trinajstić information content (AvgIpc) is 3.39. The van der Waals surface area contributed by atoms with E-state index in [1.165, 1.54) is 231 Å². The Balaban J connectivity index is 4.15. The summed E-state index contributed by atoms with van der Waals surface area (Å²) < 4.78 is 23.0. The molecule has 0 bridgehead atoms. The molecule has 9 nitrogen and oxygen atoms in total. The number of hydrogen-bond acceptors (Lipinski definition) is 7. The zero-order valence-electron chi connectivity index (χ0n) is 50.9. The van der Waals surface area contributed by atoms with Crippen LogP contribution < -0.4 is 0 Å². The number of carbonyl (C=O) groups excluding carboxylic acids is 2. The summed E-state index contributed by atoms with van der Waals surface area (Å²) in [5.74, 6) is -1.99. The highest BCUT2D eigenvalue weighted by Crippen LogP contribution is 2.18. The third-order valence-corrected chi connectivity index (χ3v) is 14.6. The molecule has 0 aromatic heterocycles. The van der Waals surface area contributed by atoms with Crippen LogP contribution in [0.3, 0.4) is 0 Å². The Hall–Kier alpha value is -2.49.